The van der Waals surface area contributed by atoms with Crippen LogP contribution in [0.3, 0.4) is 0 Å². The third-order valence-electron chi connectivity index (χ3n) is 3.22. The molecule has 0 spiro atoms. The Hall–Kier alpha value is -1.68. The maximum Gasteiger partial charge on any atom is 0.328 e. The molecule has 0 saturated heterocycles. The highest BCUT2D eigenvalue weighted by atomic mass is 16.4. The molecular formula is C14H18O4. The van der Waals surface area contributed by atoms with E-state index in [1.165, 1.54) is 6.08 Å². The second-order valence-corrected chi connectivity index (χ2v) is 4.78. The quantitative estimate of drug-likeness (QED) is 0.592. The summed E-state index contributed by atoms with van der Waals surface area (Å²) in [5, 5.41) is 19.1. The van der Waals surface area contributed by atoms with Gasteiger partial charge in [-0.2, -0.15) is 0 Å². The van der Waals surface area contributed by atoms with Gasteiger partial charge in [-0.1, -0.05) is 13.0 Å². The fourth-order valence-corrected chi connectivity index (χ4v) is 2.06. The van der Waals surface area contributed by atoms with Crippen LogP contribution in [-0.4, -0.2) is 27.6 Å². The van der Waals surface area contributed by atoms with Gasteiger partial charge in [-0.15, -0.1) is 0 Å². The summed E-state index contributed by atoms with van der Waals surface area (Å²) < 4.78 is 0. The summed E-state index contributed by atoms with van der Waals surface area (Å²) in [6.07, 6.45) is 5.93. The molecule has 2 atom stereocenters. The van der Waals surface area contributed by atoms with Crippen LogP contribution < -0.4 is 0 Å². The van der Waals surface area contributed by atoms with E-state index < -0.39 is 11.6 Å². The molecule has 0 amide bonds. The van der Waals surface area contributed by atoms with E-state index in [4.69, 9.17) is 5.11 Å². The van der Waals surface area contributed by atoms with E-state index in [1.807, 2.05) is 0 Å². The molecule has 1 aliphatic carbocycles. The predicted molar refractivity (Wildman–Crippen MR) is 68.0 cm³/mol. The molecule has 2 N–H and O–H groups in total. The average Bonchev–Trinajstić information content (AvgIpc) is 2.22. The van der Waals surface area contributed by atoms with Crippen LogP contribution in [0.15, 0.2) is 35.5 Å². The molecule has 4 heteroatoms. The lowest BCUT2D eigenvalue weighted by atomic mass is 9.75. The minimum Gasteiger partial charge on any atom is -0.478 e. The molecule has 0 aliphatic heterocycles. The van der Waals surface area contributed by atoms with Crippen LogP contribution in [0, 0.1) is 5.92 Å². The Morgan fingerprint density at radius 2 is 2.17 bits per heavy atom. The largest absolute Gasteiger partial charge is 0.478 e. The first-order valence-corrected chi connectivity index (χ1v) is 5.80. The molecule has 0 aromatic heterocycles. The second-order valence-electron chi connectivity index (χ2n) is 4.78. The van der Waals surface area contributed by atoms with Crippen LogP contribution in [0.4, 0.5) is 0 Å². The molecule has 1 unspecified atom stereocenters. The number of hydrogen-bond donors (Lipinski definition) is 2. The molecule has 0 aromatic carbocycles. The molecule has 98 valence electrons. The minimum absolute atomic E-state index is 0.0101. The SMILES string of the molecule is CC1=CC(=O)C[C@H](C)C1(O)/C=C/C(C)=C\C(=O)O. The van der Waals surface area contributed by atoms with Gasteiger partial charge in [0.25, 0.3) is 0 Å². The van der Waals surface area contributed by atoms with Crippen LogP contribution in [0.2, 0.25) is 0 Å². The molecule has 1 aliphatic rings. The molecular weight excluding hydrogens is 232 g/mol. The topological polar surface area (TPSA) is 74.6 Å². The van der Waals surface area contributed by atoms with Crippen molar-refractivity contribution in [1.82, 2.24) is 0 Å². The molecule has 0 bridgehead atoms. The fraction of sp³-hybridized carbons (Fsp3) is 0.429. The van der Waals surface area contributed by atoms with E-state index >= 15 is 0 Å². The van der Waals surface area contributed by atoms with Crippen LogP contribution >= 0.6 is 0 Å². The highest BCUT2D eigenvalue weighted by Crippen LogP contribution is 2.34. The van der Waals surface area contributed by atoms with Crippen molar-refractivity contribution in [3.05, 3.63) is 35.5 Å². The Bertz CT molecular complexity index is 456. The van der Waals surface area contributed by atoms with Gasteiger partial charge < -0.3 is 10.2 Å². The maximum atomic E-state index is 11.4. The van der Waals surface area contributed by atoms with E-state index in [-0.39, 0.29) is 11.7 Å². The Morgan fingerprint density at radius 1 is 1.56 bits per heavy atom. The van der Waals surface area contributed by atoms with Crippen molar-refractivity contribution in [2.24, 2.45) is 5.92 Å². The van der Waals surface area contributed by atoms with E-state index in [2.05, 4.69) is 0 Å². The number of rotatable bonds is 3. The zero-order chi connectivity index (χ0) is 13.9. The second kappa shape index (κ2) is 5.31. The highest BCUT2D eigenvalue weighted by Gasteiger charge is 2.37. The Kier molecular flexibility index (Phi) is 4.24. The van der Waals surface area contributed by atoms with Gasteiger partial charge in [0.15, 0.2) is 5.78 Å². The van der Waals surface area contributed by atoms with Crippen molar-refractivity contribution in [3.8, 4) is 0 Å². The highest BCUT2D eigenvalue weighted by molar-refractivity contribution is 5.92. The van der Waals surface area contributed by atoms with Gasteiger partial charge in [0.2, 0.25) is 0 Å². The first-order chi connectivity index (χ1) is 8.25. The van der Waals surface area contributed by atoms with Crippen LogP contribution in [0.25, 0.3) is 0 Å². The van der Waals surface area contributed by atoms with Crippen molar-refractivity contribution in [2.45, 2.75) is 32.8 Å². The number of aliphatic carboxylic acids is 1. The summed E-state index contributed by atoms with van der Waals surface area (Å²) in [4.78, 5) is 21.8. The molecule has 0 radical (unpaired) electrons. The van der Waals surface area contributed by atoms with E-state index in [1.54, 1.807) is 32.9 Å². The van der Waals surface area contributed by atoms with E-state index in [9.17, 15) is 14.7 Å². The summed E-state index contributed by atoms with van der Waals surface area (Å²) in [5.74, 6) is -1.23. The van der Waals surface area contributed by atoms with Crippen molar-refractivity contribution >= 4 is 11.8 Å². The van der Waals surface area contributed by atoms with Gasteiger partial charge in [-0.3, -0.25) is 4.79 Å². The number of carbonyl (C=O) groups excluding carboxylic acids is 1. The van der Waals surface area contributed by atoms with Gasteiger partial charge in [0, 0.05) is 12.5 Å². The number of carboxylic acids is 1. The Labute approximate surface area is 106 Å². The fourth-order valence-electron chi connectivity index (χ4n) is 2.06. The van der Waals surface area contributed by atoms with Gasteiger partial charge in [-0.25, -0.2) is 4.79 Å². The first-order valence-electron chi connectivity index (χ1n) is 5.80. The lowest BCUT2D eigenvalue weighted by molar-refractivity contribution is -0.131. The smallest absolute Gasteiger partial charge is 0.328 e. The van der Waals surface area contributed by atoms with Gasteiger partial charge in [0.1, 0.15) is 5.60 Å². The average molecular weight is 250 g/mol. The number of allylic oxidation sites excluding steroid dienone is 3. The summed E-state index contributed by atoms with van der Waals surface area (Å²) in [7, 11) is 0. The molecule has 0 heterocycles. The van der Waals surface area contributed by atoms with Gasteiger partial charge >= 0.3 is 5.97 Å². The summed E-state index contributed by atoms with van der Waals surface area (Å²) >= 11 is 0. The standard InChI is InChI=1S/C14H18O4/c1-9(6-13(16)17)4-5-14(18)10(2)7-12(15)8-11(14)3/h4-7,11,18H,8H2,1-3H3,(H,16,17)/b5-4+,9-6-/t11-,14?/m0/s1. The first kappa shape index (κ1) is 14.4. The zero-order valence-corrected chi connectivity index (χ0v) is 10.8. The van der Waals surface area contributed by atoms with Gasteiger partial charge in [-0.05, 0) is 43.1 Å². The number of carbonyl (C=O) groups is 2. The summed E-state index contributed by atoms with van der Waals surface area (Å²) in [5.41, 5.74) is -0.0555. The normalized spacial score (nSPS) is 29.6. The molecule has 0 fully saturated rings. The summed E-state index contributed by atoms with van der Waals surface area (Å²) in [6.45, 7) is 5.15. The Morgan fingerprint density at radius 3 is 2.67 bits per heavy atom. The van der Waals surface area contributed by atoms with Crippen molar-refractivity contribution in [1.29, 1.82) is 0 Å². The number of carboxylic acid groups (broad SMARTS) is 1. The lowest BCUT2D eigenvalue weighted by Crippen LogP contribution is -2.40. The minimum atomic E-state index is -1.18. The molecule has 0 aromatic rings. The summed E-state index contributed by atoms with van der Waals surface area (Å²) in [6, 6.07) is 0. The van der Waals surface area contributed by atoms with Crippen molar-refractivity contribution in [2.75, 3.05) is 0 Å². The molecule has 18 heavy (non-hydrogen) atoms. The van der Waals surface area contributed by atoms with Crippen LogP contribution in [-0.2, 0) is 9.59 Å². The van der Waals surface area contributed by atoms with Gasteiger partial charge in [0.05, 0.1) is 0 Å². The number of hydrogen-bond acceptors (Lipinski definition) is 3. The van der Waals surface area contributed by atoms with Crippen molar-refractivity contribution < 1.29 is 19.8 Å². The lowest BCUT2D eigenvalue weighted by Gasteiger charge is -2.35. The van der Waals surface area contributed by atoms with Crippen LogP contribution in [0.1, 0.15) is 27.2 Å². The van der Waals surface area contributed by atoms with Crippen molar-refractivity contribution in [3.63, 3.8) is 0 Å². The number of ketones is 1. The monoisotopic (exact) mass is 250 g/mol. The third-order valence-corrected chi connectivity index (χ3v) is 3.22. The van der Waals surface area contributed by atoms with Crippen LogP contribution in [0.5, 0.6) is 0 Å². The molecule has 0 saturated carbocycles. The zero-order valence-electron chi connectivity index (χ0n) is 10.8. The van der Waals surface area contributed by atoms with E-state index in [0.29, 0.717) is 17.6 Å². The molecule has 1 rings (SSSR count). The third kappa shape index (κ3) is 3.17. The number of aliphatic hydroxyl groups is 1. The Balaban J connectivity index is 3.00. The maximum absolute atomic E-state index is 11.4. The molecule has 4 nitrogen and oxygen atoms in total. The van der Waals surface area contributed by atoms with E-state index in [0.717, 1.165) is 6.08 Å². The predicted octanol–water partition coefficient (Wildman–Crippen LogP) is 1.86.